The molecule has 23 heavy (non-hydrogen) atoms. The summed E-state index contributed by atoms with van der Waals surface area (Å²) in [6.07, 6.45) is 4.39. The Morgan fingerprint density at radius 2 is 1.78 bits per heavy atom. The molecule has 0 saturated carbocycles. The molecule has 0 aliphatic heterocycles. The molecule has 2 heterocycles. The molecular formula is C11H10Cl2N10. The first kappa shape index (κ1) is 16.9. The van der Waals surface area contributed by atoms with Gasteiger partial charge in [-0.2, -0.15) is 0 Å². The zero-order valence-electron chi connectivity index (χ0n) is 11.9. The van der Waals surface area contributed by atoms with Gasteiger partial charge in [-0.15, -0.1) is 5.10 Å². The summed E-state index contributed by atoms with van der Waals surface area (Å²) in [6.45, 7) is 2.07. The Morgan fingerprint density at radius 1 is 1.17 bits per heavy atom. The Bertz CT molecular complexity index is 774. The molecule has 0 aliphatic carbocycles. The molecule has 2 aromatic heterocycles. The molecule has 0 spiro atoms. The van der Waals surface area contributed by atoms with Crippen molar-refractivity contribution >= 4 is 34.8 Å². The first-order valence-electron chi connectivity index (χ1n) is 6.53. The SMILES string of the molecule is CCCCc1cn(-c2c(Cl)c(N=[N+]=[N-])nc(N=[N+]=[N-])c2Cl)nn1. The normalized spacial score (nSPS) is 10.0. The number of nitrogens with zero attached hydrogens (tertiary/aromatic N) is 10. The average molecular weight is 353 g/mol. The monoisotopic (exact) mass is 352 g/mol. The summed E-state index contributed by atoms with van der Waals surface area (Å²) in [7, 11) is 0. The second-order valence-corrected chi connectivity index (χ2v) is 5.13. The summed E-state index contributed by atoms with van der Waals surface area (Å²) in [4.78, 5) is 9.09. The highest BCUT2D eigenvalue weighted by Gasteiger charge is 2.19. The van der Waals surface area contributed by atoms with Gasteiger partial charge in [-0.05, 0) is 34.1 Å². The van der Waals surface area contributed by atoms with Crippen LogP contribution in [0.5, 0.6) is 0 Å². The van der Waals surface area contributed by atoms with E-state index in [9.17, 15) is 0 Å². The van der Waals surface area contributed by atoms with Crippen molar-refractivity contribution in [2.45, 2.75) is 26.2 Å². The van der Waals surface area contributed by atoms with E-state index in [1.165, 1.54) is 4.68 Å². The van der Waals surface area contributed by atoms with E-state index in [1.807, 2.05) is 0 Å². The van der Waals surface area contributed by atoms with Crippen molar-refractivity contribution in [2.24, 2.45) is 10.2 Å². The number of aryl methyl sites for hydroxylation is 1. The Hall–Kier alpha value is -2.51. The van der Waals surface area contributed by atoms with Crippen molar-refractivity contribution < 1.29 is 0 Å². The second-order valence-electron chi connectivity index (χ2n) is 4.37. The molecule has 0 bridgehead atoms. The van der Waals surface area contributed by atoms with Crippen molar-refractivity contribution in [1.82, 2.24) is 20.0 Å². The fourth-order valence-corrected chi connectivity index (χ4v) is 2.38. The summed E-state index contributed by atoms with van der Waals surface area (Å²) in [5.41, 5.74) is 18.1. The molecule has 0 radical (unpaired) electrons. The minimum atomic E-state index is -0.165. The van der Waals surface area contributed by atoms with Crippen LogP contribution in [-0.4, -0.2) is 20.0 Å². The van der Waals surface area contributed by atoms with E-state index >= 15 is 0 Å². The van der Waals surface area contributed by atoms with Gasteiger partial charge in [-0.25, -0.2) is 9.67 Å². The van der Waals surface area contributed by atoms with Crippen LogP contribution < -0.4 is 0 Å². The Balaban J connectivity index is 2.62. The highest BCUT2D eigenvalue weighted by Crippen LogP contribution is 2.40. The molecule has 2 rings (SSSR count). The zero-order valence-corrected chi connectivity index (χ0v) is 13.4. The van der Waals surface area contributed by atoms with E-state index in [1.54, 1.807) is 6.20 Å². The second kappa shape index (κ2) is 7.66. The van der Waals surface area contributed by atoms with Crippen LogP contribution in [0.4, 0.5) is 11.6 Å². The molecule has 10 nitrogen and oxygen atoms in total. The lowest BCUT2D eigenvalue weighted by molar-refractivity contribution is 0.761. The van der Waals surface area contributed by atoms with Gasteiger partial charge in [0.2, 0.25) is 0 Å². The fraction of sp³-hybridized carbons (Fsp3) is 0.364. The van der Waals surface area contributed by atoms with Gasteiger partial charge in [0.05, 0.1) is 21.9 Å². The van der Waals surface area contributed by atoms with Crippen molar-refractivity contribution in [3.63, 3.8) is 0 Å². The Morgan fingerprint density at radius 3 is 2.30 bits per heavy atom. The van der Waals surface area contributed by atoms with Crippen molar-refractivity contribution in [2.75, 3.05) is 0 Å². The van der Waals surface area contributed by atoms with Crippen molar-refractivity contribution in [3.8, 4) is 5.69 Å². The maximum Gasteiger partial charge on any atom is 0.148 e. The lowest BCUT2D eigenvalue weighted by Gasteiger charge is -2.09. The standard InChI is InChI=1S/C11H10Cl2N10/c1-2-3-4-6-5-23(22-17-6)9-7(12)10(18-20-14)16-11(8(9)13)19-21-15/h5H,2-4H2,1H3. The van der Waals surface area contributed by atoms with Crippen LogP contribution in [0, 0.1) is 0 Å². The molecule has 0 N–H and O–H groups in total. The number of halogens is 2. The largest absolute Gasteiger partial charge is 0.241 e. The fourth-order valence-electron chi connectivity index (χ4n) is 1.81. The van der Waals surface area contributed by atoms with Gasteiger partial charge in [0, 0.05) is 9.82 Å². The van der Waals surface area contributed by atoms with E-state index in [4.69, 9.17) is 34.3 Å². The molecule has 0 atom stereocenters. The molecule has 118 valence electrons. The predicted molar refractivity (Wildman–Crippen MR) is 85.4 cm³/mol. The van der Waals surface area contributed by atoms with Crippen LogP contribution in [0.3, 0.4) is 0 Å². The summed E-state index contributed by atoms with van der Waals surface area (Å²) in [5, 5.41) is 14.7. The molecule has 2 aromatic rings. The van der Waals surface area contributed by atoms with Crippen molar-refractivity contribution in [1.29, 1.82) is 0 Å². The number of azide groups is 2. The van der Waals surface area contributed by atoms with Gasteiger partial charge in [-0.1, -0.05) is 41.8 Å². The van der Waals surface area contributed by atoms with Crippen LogP contribution in [-0.2, 0) is 6.42 Å². The van der Waals surface area contributed by atoms with Gasteiger partial charge < -0.3 is 0 Å². The van der Waals surface area contributed by atoms with E-state index < -0.39 is 0 Å². The van der Waals surface area contributed by atoms with Gasteiger partial charge in [0.15, 0.2) is 0 Å². The first-order valence-corrected chi connectivity index (χ1v) is 7.28. The van der Waals surface area contributed by atoms with Crippen LogP contribution in [0.15, 0.2) is 16.4 Å². The highest BCUT2D eigenvalue weighted by atomic mass is 35.5. The maximum absolute atomic E-state index is 8.59. The van der Waals surface area contributed by atoms with E-state index in [0.29, 0.717) is 0 Å². The molecule has 0 fully saturated rings. The maximum atomic E-state index is 8.59. The number of rotatable bonds is 6. The smallest absolute Gasteiger partial charge is 0.148 e. The molecule has 12 heteroatoms. The lowest BCUT2D eigenvalue weighted by Crippen LogP contribution is -1.99. The minimum absolute atomic E-state index is 0.0170. The van der Waals surface area contributed by atoms with Crippen LogP contribution in [0.25, 0.3) is 26.6 Å². The summed E-state index contributed by atoms with van der Waals surface area (Å²) >= 11 is 12.4. The summed E-state index contributed by atoms with van der Waals surface area (Å²) in [6, 6.07) is 0. The van der Waals surface area contributed by atoms with Gasteiger partial charge in [0.25, 0.3) is 0 Å². The molecule has 0 aromatic carbocycles. The van der Waals surface area contributed by atoms with Crippen LogP contribution in [0.1, 0.15) is 25.5 Å². The minimum Gasteiger partial charge on any atom is -0.241 e. The van der Waals surface area contributed by atoms with Gasteiger partial charge >= 0.3 is 0 Å². The third-order valence-electron chi connectivity index (χ3n) is 2.86. The molecular weight excluding hydrogens is 343 g/mol. The third kappa shape index (κ3) is 3.64. The number of unbranched alkanes of at least 4 members (excludes halogenated alkanes) is 1. The molecule has 0 saturated heterocycles. The van der Waals surface area contributed by atoms with Crippen molar-refractivity contribution in [3.05, 3.63) is 42.8 Å². The molecule has 0 unspecified atom stereocenters. The summed E-state index contributed by atoms with van der Waals surface area (Å²) in [5.74, 6) is -0.330. The van der Waals surface area contributed by atoms with E-state index in [2.05, 4.69) is 42.3 Å². The quantitative estimate of drug-likeness (QED) is 0.400. The molecule has 0 amide bonds. The lowest BCUT2D eigenvalue weighted by atomic mass is 10.2. The first-order chi connectivity index (χ1) is 11.1. The summed E-state index contributed by atoms with van der Waals surface area (Å²) < 4.78 is 1.34. The Kier molecular flexibility index (Phi) is 5.61. The number of hydrogen-bond donors (Lipinski definition) is 0. The number of pyridine rings is 1. The van der Waals surface area contributed by atoms with E-state index in [-0.39, 0.29) is 27.4 Å². The van der Waals surface area contributed by atoms with Gasteiger partial charge in [0.1, 0.15) is 17.3 Å². The molecule has 0 aliphatic rings. The topological polar surface area (TPSA) is 141 Å². The third-order valence-corrected chi connectivity index (χ3v) is 3.55. The van der Waals surface area contributed by atoms with Crippen LogP contribution >= 0.6 is 23.2 Å². The Labute approximate surface area is 140 Å². The van der Waals surface area contributed by atoms with E-state index in [0.717, 1.165) is 25.0 Å². The number of hydrogen-bond acceptors (Lipinski definition) is 5. The zero-order chi connectivity index (χ0) is 16.8. The predicted octanol–water partition coefficient (Wildman–Crippen LogP) is 5.20. The average Bonchev–Trinajstić information content (AvgIpc) is 2.99. The van der Waals surface area contributed by atoms with Gasteiger partial charge in [-0.3, -0.25) is 0 Å². The van der Waals surface area contributed by atoms with Crippen LogP contribution in [0.2, 0.25) is 10.0 Å². The highest BCUT2D eigenvalue weighted by molar-refractivity contribution is 6.40. The number of aromatic nitrogens is 4.